The Bertz CT molecular complexity index is 926. The lowest BCUT2D eigenvalue weighted by atomic mass is 10.0. The fraction of sp³-hybridized carbons (Fsp3) is 0.364. The van der Waals surface area contributed by atoms with Gasteiger partial charge in [0, 0.05) is 49.7 Å². The second-order valence-corrected chi connectivity index (χ2v) is 7.92. The molecule has 0 amide bonds. The number of carbonyl (C=O) groups is 2. The number of carboxylic acid groups (broad SMARTS) is 1. The molecule has 2 aliphatic heterocycles. The molecule has 0 spiro atoms. The molecule has 8 heteroatoms. The van der Waals surface area contributed by atoms with Crippen molar-refractivity contribution in [2.75, 3.05) is 33.0 Å². The second kappa shape index (κ2) is 9.04. The number of carbonyl (C=O) groups excluding carboxylic acids is 1. The van der Waals surface area contributed by atoms with E-state index in [0.29, 0.717) is 23.7 Å². The lowest BCUT2D eigenvalue weighted by Crippen LogP contribution is -2.52. The molecular formula is C22H23ClN2O5. The molecule has 2 aromatic rings. The van der Waals surface area contributed by atoms with Crippen molar-refractivity contribution in [3.63, 3.8) is 0 Å². The third kappa shape index (κ3) is 4.75. The van der Waals surface area contributed by atoms with Gasteiger partial charge in [0.15, 0.2) is 17.3 Å². The van der Waals surface area contributed by atoms with Gasteiger partial charge in [-0.1, -0.05) is 17.7 Å². The molecule has 1 N–H and O–H groups in total. The van der Waals surface area contributed by atoms with E-state index in [1.54, 1.807) is 24.3 Å². The molecule has 0 radical (unpaired) electrons. The second-order valence-electron chi connectivity index (χ2n) is 7.49. The summed E-state index contributed by atoms with van der Waals surface area (Å²) in [6, 6.07) is 11.6. The molecule has 4 rings (SSSR count). The SMILES string of the molecule is O=C(C[C@H](C(=O)O)N1CCN(Cc2ccc3c(c2)OCO3)CC1)c1ccc(Cl)cc1. The highest BCUT2D eigenvalue weighted by atomic mass is 35.5. The molecule has 0 bridgehead atoms. The number of hydrogen-bond donors (Lipinski definition) is 1. The van der Waals surface area contributed by atoms with E-state index < -0.39 is 12.0 Å². The van der Waals surface area contributed by atoms with Gasteiger partial charge >= 0.3 is 5.97 Å². The van der Waals surface area contributed by atoms with Gasteiger partial charge in [0.05, 0.1) is 0 Å². The lowest BCUT2D eigenvalue weighted by molar-refractivity contribution is -0.144. The summed E-state index contributed by atoms with van der Waals surface area (Å²) in [6.07, 6.45) is -0.0564. The Labute approximate surface area is 179 Å². The Balaban J connectivity index is 1.33. The van der Waals surface area contributed by atoms with E-state index in [4.69, 9.17) is 21.1 Å². The minimum atomic E-state index is -0.971. The largest absolute Gasteiger partial charge is 0.480 e. The number of nitrogens with zero attached hydrogens (tertiary/aromatic N) is 2. The van der Waals surface area contributed by atoms with Gasteiger partial charge in [-0.25, -0.2) is 0 Å². The number of carboxylic acids is 1. The maximum absolute atomic E-state index is 12.5. The molecule has 0 unspecified atom stereocenters. The van der Waals surface area contributed by atoms with Crippen molar-refractivity contribution < 1.29 is 24.2 Å². The molecule has 0 aromatic heterocycles. The van der Waals surface area contributed by atoms with Crippen molar-refractivity contribution in [2.45, 2.75) is 19.0 Å². The standard InChI is InChI=1S/C22H23ClN2O5/c23-17-4-2-16(3-5-17)19(26)12-18(22(27)28)25-9-7-24(8-10-25)13-15-1-6-20-21(11-15)30-14-29-20/h1-6,11,18H,7-10,12-14H2,(H,27,28)/t18-/m1/s1. The first kappa shape index (κ1) is 20.7. The van der Waals surface area contributed by atoms with Crippen LogP contribution in [0.1, 0.15) is 22.3 Å². The first-order valence-corrected chi connectivity index (χ1v) is 10.2. The monoisotopic (exact) mass is 430 g/mol. The number of halogens is 1. The number of piperazine rings is 1. The smallest absolute Gasteiger partial charge is 0.321 e. The number of fused-ring (bicyclic) bond motifs is 1. The van der Waals surface area contributed by atoms with Gasteiger partial charge in [-0.2, -0.15) is 0 Å². The van der Waals surface area contributed by atoms with E-state index in [9.17, 15) is 14.7 Å². The van der Waals surface area contributed by atoms with Crippen LogP contribution in [0.15, 0.2) is 42.5 Å². The van der Waals surface area contributed by atoms with Gasteiger partial charge < -0.3 is 14.6 Å². The third-order valence-corrected chi connectivity index (χ3v) is 5.77. The minimum absolute atomic E-state index is 0.0564. The minimum Gasteiger partial charge on any atom is -0.480 e. The number of hydrogen-bond acceptors (Lipinski definition) is 6. The first-order chi connectivity index (χ1) is 14.5. The average molecular weight is 431 g/mol. The van der Waals surface area contributed by atoms with Gasteiger partial charge in [-0.3, -0.25) is 19.4 Å². The van der Waals surface area contributed by atoms with E-state index in [0.717, 1.165) is 36.7 Å². The van der Waals surface area contributed by atoms with Gasteiger partial charge in [-0.15, -0.1) is 0 Å². The molecule has 30 heavy (non-hydrogen) atoms. The van der Waals surface area contributed by atoms with Crippen molar-refractivity contribution in [3.8, 4) is 11.5 Å². The van der Waals surface area contributed by atoms with Crippen LogP contribution in [0.4, 0.5) is 0 Å². The molecular weight excluding hydrogens is 408 g/mol. The van der Waals surface area contributed by atoms with Crippen LogP contribution in [0, 0.1) is 0 Å². The van der Waals surface area contributed by atoms with E-state index in [1.165, 1.54) is 0 Å². The van der Waals surface area contributed by atoms with Crippen molar-refractivity contribution >= 4 is 23.4 Å². The number of rotatable bonds is 7. The molecule has 1 atom stereocenters. The van der Waals surface area contributed by atoms with E-state index in [1.807, 2.05) is 23.1 Å². The molecule has 158 valence electrons. The van der Waals surface area contributed by atoms with Crippen LogP contribution in [0.5, 0.6) is 11.5 Å². The summed E-state index contributed by atoms with van der Waals surface area (Å²) in [5, 5.41) is 10.2. The molecule has 0 aliphatic carbocycles. The van der Waals surface area contributed by atoms with Crippen LogP contribution < -0.4 is 9.47 Å². The van der Waals surface area contributed by atoms with Crippen molar-refractivity contribution in [1.82, 2.24) is 9.80 Å². The normalized spacial score (nSPS) is 17.6. The zero-order valence-corrected chi connectivity index (χ0v) is 17.2. The summed E-state index contributed by atoms with van der Waals surface area (Å²) >= 11 is 5.86. The number of ketones is 1. The Kier molecular flexibility index (Phi) is 6.22. The molecule has 1 fully saturated rings. The topological polar surface area (TPSA) is 79.3 Å². The quantitative estimate of drug-likeness (QED) is 0.676. The molecule has 2 heterocycles. The molecule has 2 aliphatic rings. The first-order valence-electron chi connectivity index (χ1n) is 9.86. The van der Waals surface area contributed by atoms with Crippen LogP contribution in [0.3, 0.4) is 0 Å². The lowest BCUT2D eigenvalue weighted by Gasteiger charge is -2.37. The van der Waals surface area contributed by atoms with E-state index in [2.05, 4.69) is 4.90 Å². The van der Waals surface area contributed by atoms with Gasteiger partial charge in [0.25, 0.3) is 0 Å². The summed E-state index contributed by atoms with van der Waals surface area (Å²) in [5.74, 6) is 0.361. The highest BCUT2D eigenvalue weighted by molar-refractivity contribution is 6.30. The third-order valence-electron chi connectivity index (χ3n) is 5.52. The van der Waals surface area contributed by atoms with Crippen LogP contribution in [0.2, 0.25) is 5.02 Å². The van der Waals surface area contributed by atoms with Crippen LogP contribution in [-0.2, 0) is 11.3 Å². The Hall–Kier alpha value is -2.61. The van der Waals surface area contributed by atoms with Crippen molar-refractivity contribution in [3.05, 3.63) is 58.6 Å². The number of aliphatic carboxylic acids is 1. The number of ether oxygens (including phenoxy) is 2. The van der Waals surface area contributed by atoms with E-state index in [-0.39, 0.29) is 19.0 Å². The van der Waals surface area contributed by atoms with Gasteiger partial charge in [0.2, 0.25) is 6.79 Å². The Morgan fingerprint density at radius 1 is 1.00 bits per heavy atom. The molecule has 1 saturated heterocycles. The summed E-state index contributed by atoms with van der Waals surface area (Å²) in [7, 11) is 0. The van der Waals surface area contributed by atoms with Gasteiger partial charge in [-0.05, 0) is 42.0 Å². The maximum Gasteiger partial charge on any atom is 0.321 e. The average Bonchev–Trinajstić information content (AvgIpc) is 3.21. The zero-order chi connectivity index (χ0) is 21.1. The fourth-order valence-corrected chi connectivity index (χ4v) is 3.96. The van der Waals surface area contributed by atoms with Crippen LogP contribution in [-0.4, -0.2) is 65.7 Å². The summed E-state index contributed by atoms with van der Waals surface area (Å²) < 4.78 is 10.8. The highest BCUT2D eigenvalue weighted by Gasteiger charge is 2.31. The summed E-state index contributed by atoms with van der Waals surface area (Å²) in [4.78, 5) is 28.5. The predicted molar refractivity (Wildman–Crippen MR) is 111 cm³/mol. The van der Waals surface area contributed by atoms with Gasteiger partial charge in [0.1, 0.15) is 6.04 Å². The highest BCUT2D eigenvalue weighted by Crippen LogP contribution is 2.32. The number of Topliss-reactive ketones (excluding diaryl/α,β-unsaturated/α-hetero) is 1. The summed E-state index contributed by atoms with van der Waals surface area (Å²) in [5.41, 5.74) is 1.60. The molecule has 7 nitrogen and oxygen atoms in total. The van der Waals surface area contributed by atoms with Crippen LogP contribution in [0.25, 0.3) is 0 Å². The summed E-state index contributed by atoms with van der Waals surface area (Å²) in [6.45, 7) is 3.65. The zero-order valence-electron chi connectivity index (χ0n) is 16.4. The van der Waals surface area contributed by atoms with Crippen LogP contribution >= 0.6 is 11.6 Å². The number of benzene rings is 2. The fourth-order valence-electron chi connectivity index (χ4n) is 3.83. The molecule has 2 aromatic carbocycles. The van der Waals surface area contributed by atoms with Crippen molar-refractivity contribution in [2.24, 2.45) is 0 Å². The Morgan fingerprint density at radius 3 is 2.40 bits per heavy atom. The van der Waals surface area contributed by atoms with Crippen molar-refractivity contribution in [1.29, 1.82) is 0 Å². The molecule has 0 saturated carbocycles. The predicted octanol–water partition coefficient (Wildman–Crippen LogP) is 2.91. The maximum atomic E-state index is 12.5. The Morgan fingerprint density at radius 2 is 1.70 bits per heavy atom. The van der Waals surface area contributed by atoms with E-state index >= 15 is 0 Å².